The van der Waals surface area contributed by atoms with Gasteiger partial charge in [-0.15, -0.1) is 0 Å². The summed E-state index contributed by atoms with van der Waals surface area (Å²) in [4.78, 5) is 11.0. The second-order valence-electron chi connectivity index (χ2n) is 3.30. The first-order valence-electron chi connectivity index (χ1n) is 4.31. The molecule has 3 N–H and O–H groups in total. The van der Waals surface area contributed by atoms with E-state index in [4.69, 9.17) is 22.4 Å². The highest BCUT2D eigenvalue weighted by Gasteiger charge is 2.13. The van der Waals surface area contributed by atoms with Gasteiger partial charge in [-0.25, -0.2) is 9.36 Å². The number of aryl methyl sites for hydroxylation is 1. The van der Waals surface area contributed by atoms with E-state index in [9.17, 15) is 4.79 Å². The van der Waals surface area contributed by atoms with Gasteiger partial charge in [0.15, 0.2) is 0 Å². The Kier molecular flexibility index (Phi) is 2.08. The van der Waals surface area contributed by atoms with Gasteiger partial charge < -0.3 is 10.8 Å². The summed E-state index contributed by atoms with van der Waals surface area (Å²) in [7, 11) is 0. The largest absolute Gasteiger partial charge is 0.464 e. The second kappa shape index (κ2) is 3.17. The predicted octanol–water partition coefficient (Wildman–Crippen LogP) is 2.71. The van der Waals surface area contributed by atoms with Crippen molar-refractivity contribution in [1.29, 1.82) is 0 Å². The summed E-state index contributed by atoms with van der Waals surface area (Å²) in [6, 6.07) is 4.96. The molecule has 0 saturated heterocycles. The molecule has 0 amide bonds. The Hall–Kier alpha value is -1.68. The van der Waals surface area contributed by atoms with Gasteiger partial charge in [-0.2, -0.15) is 0 Å². The van der Waals surface area contributed by atoms with Crippen LogP contribution in [0, 0.1) is 6.92 Å². The molecular weight excluding hydrogens is 216 g/mol. The highest BCUT2D eigenvalue weighted by atomic mass is 35.5. The molecule has 0 atom stereocenters. The van der Waals surface area contributed by atoms with E-state index in [1.807, 2.05) is 0 Å². The van der Waals surface area contributed by atoms with Gasteiger partial charge >= 0.3 is 6.09 Å². The van der Waals surface area contributed by atoms with Gasteiger partial charge in [0.05, 0.1) is 16.2 Å². The predicted molar refractivity (Wildman–Crippen MR) is 59.5 cm³/mol. The third-order valence-electron chi connectivity index (χ3n) is 2.35. The molecule has 0 aliphatic rings. The maximum absolute atomic E-state index is 11.0. The third kappa shape index (κ3) is 1.34. The molecule has 1 heterocycles. The smallest absolute Gasteiger partial charge is 0.416 e. The van der Waals surface area contributed by atoms with Crippen molar-refractivity contribution in [3.8, 4) is 0 Å². The summed E-state index contributed by atoms with van der Waals surface area (Å²) in [6.07, 6.45) is -1.02. The number of nitrogens with zero attached hydrogens (tertiary/aromatic N) is 1. The molecule has 4 nitrogen and oxygen atoms in total. The molecule has 5 heteroatoms. The van der Waals surface area contributed by atoms with Crippen molar-refractivity contribution in [2.75, 3.05) is 5.73 Å². The van der Waals surface area contributed by atoms with Crippen LogP contribution < -0.4 is 5.73 Å². The Balaban J connectivity index is 2.91. The molecule has 0 unspecified atom stereocenters. The summed E-state index contributed by atoms with van der Waals surface area (Å²) in [5.74, 6) is 0. The molecule has 2 rings (SSSR count). The van der Waals surface area contributed by atoms with E-state index in [2.05, 4.69) is 0 Å². The van der Waals surface area contributed by atoms with E-state index in [1.54, 1.807) is 25.1 Å². The highest BCUT2D eigenvalue weighted by molar-refractivity contribution is 6.34. The van der Waals surface area contributed by atoms with Crippen LogP contribution in [0.5, 0.6) is 0 Å². The van der Waals surface area contributed by atoms with E-state index in [1.165, 1.54) is 4.57 Å². The fraction of sp³-hybridized carbons (Fsp3) is 0.100. The van der Waals surface area contributed by atoms with E-state index < -0.39 is 6.09 Å². The van der Waals surface area contributed by atoms with Gasteiger partial charge in [0, 0.05) is 11.1 Å². The molecule has 2 aromatic rings. The number of carboxylic acid groups (broad SMARTS) is 1. The second-order valence-corrected chi connectivity index (χ2v) is 3.70. The van der Waals surface area contributed by atoms with Crippen LogP contribution in [0.1, 0.15) is 5.69 Å². The van der Waals surface area contributed by atoms with E-state index in [-0.39, 0.29) is 0 Å². The van der Waals surface area contributed by atoms with Crippen molar-refractivity contribution in [2.45, 2.75) is 6.92 Å². The average Bonchev–Trinajstić information content (AvgIpc) is 2.49. The first kappa shape index (κ1) is 9.86. The highest BCUT2D eigenvalue weighted by Crippen LogP contribution is 2.30. The maximum atomic E-state index is 11.0. The Morgan fingerprint density at radius 1 is 1.53 bits per heavy atom. The quantitative estimate of drug-likeness (QED) is 0.676. The number of hydrogen-bond acceptors (Lipinski definition) is 2. The molecule has 15 heavy (non-hydrogen) atoms. The SMILES string of the molecule is Cc1cc2c(N)c(Cl)ccc2n1C(=O)O. The van der Waals surface area contributed by atoms with Crippen LogP contribution in [-0.4, -0.2) is 15.8 Å². The van der Waals surface area contributed by atoms with Gasteiger partial charge in [-0.1, -0.05) is 11.6 Å². The van der Waals surface area contributed by atoms with E-state index in [0.717, 1.165) is 0 Å². The van der Waals surface area contributed by atoms with E-state index in [0.29, 0.717) is 27.3 Å². The lowest BCUT2D eigenvalue weighted by atomic mass is 10.2. The molecule has 0 radical (unpaired) electrons. The monoisotopic (exact) mass is 224 g/mol. The molecule has 78 valence electrons. The zero-order valence-corrected chi connectivity index (χ0v) is 8.75. The topological polar surface area (TPSA) is 68.2 Å². The fourth-order valence-electron chi connectivity index (χ4n) is 1.66. The van der Waals surface area contributed by atoms with Crippen molar-refractivity contribution < 1.29 is 9.90 Å². The minimum atomic E-state index is -1.02. The molecule has 0 spiro atoms. The standard InChI is InChI=1S/C10H9ClN2O2/c1-5-4-6-8(13(5)10(14)15)3-2-7(11)9(6)12/h2-4H,12H2,1H3,(H,14,15). The zero-order valence-electron chi connectivity index (χ0n) is 7.99. The van der Waals surface area contributed by atoms with Crippen LogP contribution in [0.25, 0.3) is 10.9 Å². The number of benzene rings is 1. The number of fused-ring (bicyclic) bond motifs is 1. The lowest BCUT2D eigenvalue weighted by molar-refractivity contribution is 0.197. The normalized spacial score (nSPS) is 10.8. The average molecular weight is 225 g/mol. The Labute approximate surface area is 90.9 Å². The van der Waals surface area contributed by atoms with Crippen molar-refractivity contribution in [3.63, 3.8) is 0 Å². The number of halogens is 1. The summed E-state index contributed by atoms with van der Waals surface area (Å²) in [6.45, 7) is 1.71. The zero-order chi connectivity index (χ0) is 11.2. The Morgan fingerprint density at radius 3 is 2.80 bits per heavy atom. The first-order valence-corrected chi connectivity index (χ1v) is 4.69. The van der Waals surface area contributed by atoms with Crippen LogP contribution in [0.3, 0.4) is 0 Å². The molecule has 1 aromatic carbocycles. The van der Waals surface area contributed by atoms with Crippen molar-refractivity contribution >= 4 is 34.3 Å². The summed E-state index contributed by atoms with van der Waals surface area (Å²) >= 11 is 5.85. The summed E-state index contributed by atoms with van der Waals surface area (Å²) in [5.41, 5.74) is 7.35. The van der Waals surface area contributed by atoms with E-state index >= 15 is 0 Å². The molecule has 0 saturated carbocycles. The minimum absolute atomic E-state index is 0.414. The number of hydrogen-bond donors (Lipinski definition) is 2. The van der Waals surface area contributed by atoms with Gasteiger partial charge in [0.1, 0.15) is 0 Å². The molecule has 0 bridgehead atoms. The Morgan fingerprint density at radius 2 is 2.20 bits per heavy atom. The molecule has 0 aliphatic heterocycles. The van der Waals surface area contributed by atoms with Gasteiger partial charge in [-0.05, 0) is 25.1 Å². The molecule has 0 fully saturated rings. The number of aromatic nitrogens is 1. The first-order chi connectivity index (χ1) is 7.02. The third-order valence-corrected chi connectivity index (χ3v) is 2.68. The van der Waals surface area contributed by atoms with Crippen LogP contribution in [0.4, 0.5) is 10.5 Å². The van der Waals surface area contributed by atoms with Crippen LogP contribution in [0.15, 0.2) is 18.2 Å². The number of nitrogens with two attached hydrogens (primary N) is 1. The number of nitrogen functional groups attached to an aromatic ring is 1. The van der Waals surface area contributed by atoms with Crippen molar-refractivity contribution in [3.05, 3.63) is 28.9 Å². The lowest BCUT2D eigenvalue weighted by Crippen LogP contribution is -2.08. The van der Waals surface area contributed by atoms with Crippen LogP contribution >= 0.6 is 11.6 Å². The van der Waals surface area contributed by atoms with Gasteiger partial charge in [0.25, 0.3) is 0 Å². The lowest BCUT2D eigenvalue weighted by Gasteiger charge is -2.02. The molecular formula is C10H9ClN2O2. The van der Waals surface area contributed by atoms with Crippen LogP contribution in [-0.2, 0) is 0 Å². The van der Waals surface area contributed by atoms with Crippen molar-refractivity contribution in [1.82, 2.24) is 4.57 Å². The molecule has 1 aromatic heterocycles. The van der Waals surface area contributed by atoms with Crippen molar-refractivity contribution in [2.24, 2.45) is 0 Å². The number of anilines is 1. The fourth-order valence-corrected chi connectivity index (χ4v) is 1.83. The van der Waals surface area contributed by atoms with Gasteiger partial charge in [-0.3, -0.25) is 0 Å². The number of carbonyl (C=O) groups is 1. The summed E-state index contributed by atoms with van der Waals surface area (Å²) in [5, 5.41) is 10.1. The minimum Gasteiger partial charge on any atom is -0.464 e. The molecule has 0 aliphatic carbocycles. The van der Waals surface area contributed by atoms with Gasteiger partial charge in [0.2, 0.25) is 0 Å². The van der Waals surface area contributed by atoms with Crippen LogP contribution in [0.2, 0.25) is 5.02 Å². The Bertz CT molecular complexity index is 560. The number of rotatable bonds is 0. The summed E-state index contributed by atoms with van der Waals surface area (Å²) < 4.78 is 1.18. The maximum Gasteiger partial charge on any atom is 0.416 e.